The average Bonchev–Trinajstić information content (AvgIpc) is 3.18. The van der Waals surface area contributed by atoms with E-state index in [1.54, 1.807) is 18.7 Å². The van der Waals surface area contributed by atoms with E-state index < -0.39 is 10.0 Å². The number of rotatable bonds is 4. The number of imidazole rings is 2. The third-order valence-electron chi connectivity index (χ3n) is 4.27. The van der Waals surface area contributed by atoms with Gasteiger partial charge in [-0.1, -0.05) is 0 Å². The Morgan fingerprint density at radius 3 is 2.65 bits per heavy atom. The van der Waals surface area contributed by atoms with Gasteiger partial charge in [0.2, 0.25) is 0 Å². The number of hydrogen-bond acceptors (Lipinski definition) is 5. The van der Waals surface area contributed by atoms with Crippen molar-refractivity contribution in [1.82, 2.24) is 23.8 Å². The molecule has 1 aliphatic heterocycles. The first-order chi connectivity index (χ1) is 10.8. The van der Waals surface area contributed by atoms with Crippen LogP contribution in [0.1, 0.15) is 29.7 Å². The van der Waals surface area contributed by atoms with Gasteiger partial charge in [0.15, 0.2) is 5.03 Å². The highest BCUT2D eigenvalue weighted by molar-refractivity contribution is 7.89. The fourth-order valence-corrected chi connectivity index (χ4v) is 4.43. The summed E-state index contributed by atoms with van der Waals surface area (Å²) in [5.41, 5.74) is 1.81. The zero-order valence-corrected chi connectivity index (χ0v) is 14.5. The molecule has 0 aromatic carbocycles. The van der Waals surface area contributed by atoms with Gasteiger partial charge in [-0.25, -0.2) is 18.4 Å². The normalized spacial score (nSPS) is 22.8. The van der Waals surface area contributed by atoms with Crippen LogP contribution in [0.3, 0.4) is 0 Å². The maximum Gasteiger partial charge on any atom is 0.262 e. The fraction of sp³-hybridized carbons (Fsp3) is 0.571. The standard InChI is InChI=1S/C14H21N5O3S/c1-9-10(2)17-14(16-9)12-5-11(22-4)6-19(12)23(20,21)13-7-18(3)8-15-13/h7-8,11-12H,5-6H2,1-4H3,(H,16,17)/t11-,12+/m1/s1. The molecule has 0 aliphatic carbocycles. The molecule has 0 saturated carbocycles. The molecule has 1 aliphatic rings. The van der Waals surface area contributed by atoms with Gasteiger partial charge >= 0.3 is 0 Å². The Morgan fingerprint density at radius 2 is 2.13 bits per heavy atom. The summed E-state index contributed by atoms with van der Waals surface area (Å²) in [6.07, 6.45) is 3.39. The highest BCUT2D eigenvalue weighted by atomic mass is 32.2. The Bertz CT molecular complexity index is 791. The molecule has 1 fully saturated rings. The van der Waals surface area contributed by atoms with Gasteiger partial charge in [-0.3, -0.25) is 0 Å². The van der Waals surface area contributed by atoms with Crippen LogP contribution in [0.4, 0.5) is 0 Å². The van der Waals surface area contributed by atoms with Crippen molar-refractivity contribution in [3.63, 3.8) is 0 Å². The molecule has 0 radical (unpaired) electrons. The van der Waals surface area contributed by atoms with Gasteiger partial charge in [-0.15, -0.1) is 0 Å². The summed E-state index contributed by atoms with van der Waals surface area (Å²) in [7, 11) is -0.365. The van der Waals surface area contributed by atoms with Crippen molar-refractivity contribution in [3.8, 4) is 0 Å². The van der Waals surface area contributed by atoms with E-state index in [1.165, 1.54) is 16.8 Å². The molecule has 2 aromatic rings. The lowest BCUT2D eigenvalue weighted by Crippen LogP contribution is -2.32. The molecule has 0 amide bonds. The van der Waals surface area contributed by atoms with Crippen molar-refractivity contribution in [1.29, 1.82) is 0 Å². The van der Waals surface area contributed by atoms with Crippen LogP contribution < -0.4 is 0 Å². The van der Waals surface area contributed by atoms with Crippen molar-refractivity contribution in [2.75, 3.05) is 13.7 Å². The first-order valence-electron chi connectivity index (χ1n) is 7.38. The molecule has 2 atom stereocenters. The molecule has 1 N–H and O–H groups in total. The number of methoxy groups -OCH3 is 1. The lowest BCUT2D eigenvalue weighted by molar-refractivity contribution is 0.114. The highest BCUT2D eigenvalue weighted by Gasteiger charge is 2.43. The molecule has 0 bridgehead atoms. The van der Waals surface area contributed by atoms with Crippen molar-refractivity contribution < 1.29 is 13.2 Å². The number of aromatic nitrogens is 4. The molecule has 8 nitrogen and oxygen atoms in total. The molecule has 1 saturated heterocycles. The lowest BCUT2D eigenvalue weighted by Gasteiger charge is -2.21. The van der Waals surface area contributed by atoms with Gasteiger partial charge < -0.3 is 14.3 Å². The van der Waals surface area contributed by atoms with E-state index in [1.807, 2.05) is 13.8 Å². The number of nitrogens with one attached hydrogen (secondary N) is 1. The first kappa shape index (κ1) is 16.2. The summed E-state index contributed by atoms with van der Waals surface area (Å²) >= 11 is 0. The van der Waals surface area contributed by atoms with Crippen molar-refractivity contribution in [3.05, 3.63) is 29.7 Å². The van der Waals surface area contributed by atoms with E-state index in [0.29, 0.717) is 18.8 Å². The molecule has 126 valence electrons. The number of aryl methyl sites for hydroxylation is 3. The Balaban J connectivity index is 2.00. The van der Waals surface area contributed by atoms with Crippen LogP contribution in [-0.2, 0) is 21.8 Å². The van der Waals surface area contributed by atoms with Gasteiger partial charge in [0, 0.05) is 32.6 Å². The van der Waals surface area contributed by atoms with Crippen LogP contribution in [0.25, 0.3) is 0 Å². The van der Waals surface area contributed by atoms with Gasteiger partial charge in [-0.05, 0) is 20.3 Å². The summed E-state index contributed by atoms with van der Waals surface area (Å²) in [5, 5.41) is 0.0433. The zero-order valence-electron chi connectivity index (χ0n) is 13.6. The molecular formula is C14H21N5O3S. The predicted octanol–water partition coefficient (Wildman–Crippen LogP) is 0.911. The number of ether oxygens (including phenoxy) is 1. The molecule has 2 aromatic heterocycles. The Morgan fingerprint density at radius 1 is 1.39 bits per heavy atom. The fourth-order valence-electron chi connectivity index (χ4n) is 2.83. The second-order valence-electron chi connectivity index (χ2n) is 5.89. The van der Waals surface area contributed by atoms with Gasteiger partial charge in [-0.2, -0.15) is 4.31 Å². The zero-order chi connectivity index (χ0) is 16.8. The van der Waals surface area contributed by atoms with Crippen molar-refractivity contribution in [2.24, 2.45) is 7.05 Å². The second-order valence-corrected chi connectivity index (χ2v) is 7.73. The molecule has 0 spiro atoms. The lowest BCUT2D eigenvalue weighted by atomic mass is 10.2. The van der Waals surface area contributed by atoms with Gasteiger partial charge in [0.05, 0.1) is 24.2 Å². The van der Waals surface area contributed by atoms with Gasteiger partial charge in [0.1, 0.15) is 5.82 Å². The third-order valence-corrected chi connectivity index (χ3v) is 6.03. The van der Waals surface area contributed by atoms with Crippen LogP contribution in [0, 0.1) is 13.8 Å². The topological polar surface area (TPSA) is 93.1 Å². The van der Waals surface area contributed by atoms with E-state index in [9.17, 15) is 8.42 Å². The molecular weight excluding hydrogens is 318 g/mol. The van der Waals surface area contributed by atoms with Crippen LogP contribution in [0.15, 0.2) is 17.6 Å². The summed E-state index contributed by atoms with van der Waals surface area (Å²) in [5.74, 6) is 0.652. The van der Waals surface area contributed by atoms with E-state index in [0.717, 1.165) is 11.4 Å². The maximum atomic E-state index is 12.9. The Kier molecular flexibility index (Phi) is 4.03. The molecule has 23 heavy (non-hydrogen) atoms. The smallest absolute Gasteiger partial charge is 0.262 e. The van der Waals surface area contributed by atoms with E-state index in [2.05, 4.69) is 15.0 Å². The van der Waals surface area contributed by atoms with E-state index >= 15 is 0 Å². The minimum absolute atomic E-state index is 0.0433. The third kappa shape index (κ3) is 2.79. The monoisotopic (exact) mass is 339 g/mol. The van der Waals surface area contributed by atoms with Gasteiger partial charge in [0.25, 0.3) is 10.0 Å². The summed E-state index contributed by atoms with van der Waals surface area (Å²) < 4.78 is 34.3. The van der Waals surface area contributed by atoms with Crippen LogP contribution in [0.2, 0.25) is 0 Å². The Hall–Kier alpha value is -1.71. The SMILES string of the molecule is CO[C@@H]1C[C@@H](c2nc(C)c(C)[nH]2)N(S(=O)(=O)c2cn(C)cn2)C1. The quantitative estimate of drug-likeness (QED) is 0.894. The molecule has 0 unspecified atom stereocenters. The number of hydrogen-bond donors (Lipinski definition) is 1. The summed E-state index contributed by atoms with van der Waals surface area (Å²) in [6.45, 7) is 4.11. The summed E-state index contributed by atoms with van der Waals surface area (Å²) in [4.78, 5) is 11.7. The predicted molar refractivity (Wildman–Crippen MR) is 83.3 cm³/mol. The maximum absolute atomic E-state index is 12.9. The minimum atomic E-state index is -3.70. The number of nitrogens with zero attached hydrogens (tertiary/aromatic N) is 4. The first-order valence-corrected chi connectivity index (χ1v) is 8.82. The molecule has 9 heteroatoms. The molecule has 3 heterocycles. The van der Waals surface area contributed by atoms with E-state index in [-0.39, 0.29) is 17.2 Å². The van der Waals surface area contributed by atoms with Crippen LogP contribution in [0.5, 0.6) is 0 Å². The largest absolute Gasteiger partial charge is 0.380 e. The van der Waals surface area contributed by atoms with Crippen LogP contribution in [-0.4, -0.2) is 52.0 Å². The minimum Gasteiger partial charge on any atom is -0.380 e. The van der Waals surface area contributed by atoms with Crippen LogP contribution >= 0.6 is 0 Å². The van der Waals surface area contributed by atoms with Crippen molar-refractivity contribution >= 4 is 10.0 Å². The highest BCUT2D eigenvalue weighted by Crippen LogP contribution is 2.36. The number of sulfonamides is 1. The van der Waals surface area contributed by atoms with E-state index in [4.69, 9.17) is 4.74 Å². The molecule has 3 rings (SSSR count). The second kappa shape index (κ2) is 5.73. The number of H-pyrrole nitrogens is 1. The Labute approximate surface area is 135 Å². The van der Waals surface area contributed by atoms with Crippen molar-refractivity contribution in [2.45, 2.75) is 37.4 Å². The number of aromatic amines is 1. The summed E-state index contributed by atoms with van der Waals surface area (Å²) in [6, 6.07) is -0.376. The average molecular weight is 339 g/mol.